The normalized spacial score (nSPS) is 19.9. The standard InChI is InChI=1S/C24H25N3O4/c1-3-14(4-2)27-23(30)15-6-5-7-16(19(15)24(27)31)25-26-20-21(28)17-12-8-9-13(11-10-12)18(17)22(20)29/h5-9,14,20-21,28,30-31H,3-4,10-11H2,1-2H3. The van der Waals surface area contributed by atoms with Gasteiger partial charge >= 0.3 is 0 Å². The highest BCUT2D eigenvalue weighted by molar-refractivity contribution is 6.07. The molecule has 6 rings (SSSR count). The van der Waals surface area contributed by atoms with E-state index in [2.05, 4.69) is 10.2 Å². The molecule has 7 nitrogen and oxygen atoms in total. The van der Waals surface area contributed by atoms with E-state index in [1.54, 1.807) is 18.2 Å². The number of hydrogen-bond acceptors (Lipinski definition) is 6. The summed E-state index contributed by atoms with van der Waals surface area (Å²) in [5.41, 5.74) is 3.59. The largest absolute Gasteiger partial charge is 0.494 e. The summed E-state index contributed by atoms with van der Waals surface area (Å²) in [6.45, 7) is 4.00. The van der Waals surface area contributed by atoms with Gasteiger partial charge in [0.25, 0.3) is 0 Å². The van der Waals surface area contributed by atoms with Crippen molar-refractivity contribution in [1.29, 1.82) is 0 Å². The number of aliphatic hydroxyl groups excluding tert-OH is 1. The number of aromatic nitrogens is 1. The van der Waals surface area contributed by atoms with Crippen LogP contribution in [0, 0.1) is 0 Å². The Morgan fingerprint density at radius 1 is 1.06 bits per heavy atom. The number of rotatable bonds is 5. The van der Waals surface area contributed by atoms with Crippen molar-refractivity contribution < 1.29 is 20.1 Å². The van der Waals surface area contributed by atoms with Gasteiger partial charge in [-0.3, -0.25) is 9.36 Å². The van der Waals surface area contributed by atoms with Crippen molar-refractivity contribution in [1.82, 2.24) is 4.57 Å². The van der Waals surface area contributed by atoms with Crippen LogP contribution < -0.4 is 0 Å². The lowest BCUT2D eigenvalue weighted by Gasteiger charge is -2.19. The van der Waals surface area contributed by atoms with Crippen molar-refractivity contribution in [2.45, 2.75) is 57.7 Å². The first-order valence-corrected chi connectivity index (χ1v) is 10.8. The molecule has 2 unspecified atom stereocenters. The van der Waals surface area contributed by atoms with E-state index in [4.69, 9.17) is 0 Å². The zero-order valence-electron chi connectivity index (χ0n) is 17.5. The van der Waals surface area contributed by atoms with Gasteiger partial charge in [-0.25, -0.2) is 0 Å². The summed E-state index contributed by atoms with van der Waals surface area (Å²) in [7, 11) is 0. The molecular weight excluding hydrogens is 394 g/mol. The van der Waals surface area contributed by atoms with Crippen LogP contribution >= 0.6 is 0 Å². The second-order valence-electron chi connectivity index (χ2n) is 8.33. The SMILES string of the molecule is CCC(CC)n1c(O)c2cccc(N=NC3C(=O)c4c5ccc(c4C3O)CC5)c2c1O. The second-order valence-corrected chi connectivity index (χ2v) is 8.33. The number of azo groups is 1. The minimum atomic E-state index is -1.02. The predicted molar refractivity (Wildman–Crippen MR) is 116 cm³/mol. The van der Waals surface area contributed by atoms with Gasteiger partial charge in [-0.1, -0.05) is 32.0 Å². The summed E-state index contributed by atoms with van der Waals surface area (Å²) in [5, 5.41) is 41.8. The van der Waals surface area contributed by atoms with Gasteiger partial charge in [0.1, 0.15) is 6.10 Å². The third-order valence-corrected chi connectivity index (χ3v) is 6.76. The van der Waals surface area contributed by atoms with Crippen molar-refractivity contribution in [3.63, 3.8) is 0 Å². The van der Waals surface area contributed by atoms with E-state index in [9.17, 15) is 20.1 Å². The molecule has 1 aromatic heterocycles. The number of carbonyl (C=O) groups excluding carboxylic acids is 1. The van der Waals surface area contributed by atoms with Crippen LogP contribution in [-0.2, 0) is 12.8 Å². The fraction of sp³-hybridized carbons (Fsp3) is 0.375. The zero-order valence-corrected chi connectivity index (χ0v) is 17.5. The van der Waals surface area contributed by atoms with E-state index in [0.717, 1.165) is 36.8 Å². The third-order valence-electron chi connectivity index (χ3n) is 6.76. The Morgan fingerprint density at radius 2 is 1.77 bits per heavy atom. The molecule has 0 fully saturated rings. The number of Topliss-reactive ketones (excluding diaryl/α,β-unsaturated/α-hetero) is 1. The first kappa shape index (κ1) is 19.8. The van der Waals surface area contributed by atoms with Gasteiger partial charge in [0.15, 0.2) is 11.8 Å². The number of ketones is 1. The number of aromatic hydroxyl groups is 2. The van der Waals surface area contributed by atoms with Crippen molar-refractivity contribution >= 4 is 22.2 Å². The lowest BCUT2D eigenvalue weighted by molar-refractivity contribution is 0.0874. The number of hydrogen-bond donors (Lipinski definition) is 3. The molecule has 0 aliphatic heterocycles. The molecular formula is C24H25N3O4. The summed E-state index contributed by atoms with van der Waals surface area (Å²) in [4.78, 5) is 13.0. The Bertz CT molecular complexity index is 1240. The van der Waals surface area contributed by atoms with Crippen molar-refractivity contribution in [2.75, 3.05) is 0 Å². The topological polar surface area (TPSA) is 107 Å². The number of carbonyl (C=O) groups is 1. The maximum Gasteiger partial charge on any atom is 0.204 e. The predicted octanol–water partition coefficient (Wildman–Crippen LogP) is 4.89. The molecule has 2 bridgehead atoms. The fourth-order valence-corrected chi connectivity index (χ4v) is 5.12. The molecule has 1 heterocycles. The monoisotopic (exact) mass is 419 g/mol. The summed E-state index contributed by atoms with van der Waals surface area (Å²) in [6, 6.07) is 7.98. The van der Waals surface area contributed by atoms with E-state index in [1.807, 2.05) is 26.0 Å². The van der Waals surface area contributed by atoms with E-state index >= 15 is 0 Å². The maximum atomic E-state index is 13.0. The van der Waals surface area contributed by atoms with Crippen LogP contribution in [0.3, 0.4) is 0 Å². The lowest BCUT2D eigenvalue weighted by atomic mass is 9.86. The van der Waals surface area contributed by atoms with Gasteiger partial charge in [-0.2, -0.15) is 10.2 Å². The molecule has 3 aliphatic rings. The van der Waals surface area contributed by atoms with Crippen LogP contribution in [0.25, 0.3) is 10.8 Å². The number of nitrogens with zero attached hydrogens (tertiary/aromatic N) is 3. The van der Waals surface area contributed by atoms with Crippen molar-refractivity contribution in [3.8, 4) is 11.8 Å². The van der Waals surface area contributed by atoms with E-state index in [1.165, 1.54) is 4.57 Å². The molecule has 3 aliphatic carbocycles. The zero-order chi connectivity index (χ0) is 21.9. The molecule has 3 aromatic rings. The van der Waals surface area contributed by atoms with Crippen molar-refractivity contribution in [3.05, 3.63) is 52.6 Å². The van der Waals surface area contributed by atoms with Gasteiger partial charge in [-0.05, 0) is 54.5 Å². The third kappa shape index (κ3) is 2.73. The van der Waals surface area contributed by atoms with Gasteiger partial charge in [-0.15, -0.1) is 0 Å². The van der Waals surface area contributed by atoms with Crippen LogP contribution in [0.5, 0.6) is 11.8 Å². The number of aryl methyl sites for hydroxylation is 2. The highest BCUT2D eigenvalue weighted by Gasteiger charge is 2.43. The molecule has 31 heavy (non-hydrogen) atoms. The number of fused-ring (bicyclic) bond motifs is 3. The first-order valence-electron chi connectivity index (χ1n) is 10.8. The van der Waals surface area contributed by atoms with E-state index < -0.39 is 12.1 Å². The van der Waals surface area contributed by atoms with Crippen molar-refractivity contribution in [2.24, 2.45) is 10.2 Å². The lowest BCUT2D eigenvalue weighted by Crippen LogP contribution is -2.17. The molecule has 160 valence electrons. The van der Waals surface area contributed by atoms with E-state index in [-0.39, 0.29) is 23.6 Å². The summed E-state index contributed by atoms with van der Waals surface area (Å²) in [6.07, 6.45) is 2.12. The van der Waals surface area contributed by atoms with Gasteiger partial charge in [0.2, 0.25) is 11.8 Å². The van der Waals surface area contributed by atoms with Gasteiger partial charge in [0.05, 0.1) is 11.1 Å². The molecule has 0 amide bonds. The first-order chi connectivity index (χ1) is 15.0. The Hall–Kier alpha value is -3.19. The molecule has 0 spiro atoms. The van der Waals surface area contributed by atoms with Gasteiger partial charge in [0, 0.05) is 17.0 Å². The van der Waals surface area contributed by atoms with Gasteiger partial charge < -0.3 is 15.3 Å². The number of benzene rings is 2. The fourth-order valence-electron chi connectivity index (χ4n) is 5.12. The summed E-state index contributed by atoms with van der Waals surface area (Å²) >= 11 is 0. The summed E-state index contributed by atoms with van der Waals surface area (Å²) in [5.74, 6) is -0.292. The van der Waals surface area contributed by atoms with Crippen LogP contribution in [0.1, 0.15) is 65.9 Å². The molecule has 2 atom stereocenters. The Balaban J connectivity index is 1.56. The summed E-state index contributed by atoms with van der Waals surface area (Å²) < 4.78 is 1.52. The van der Waals surface area contributed by atoms with E-state index in [0.29, 0.717) is 27.6 Å². The van der Waals surface area contributed by atoms with Crippen LogP contribution in [-0.4, -0.2) is 31.7 Å². The maximum absolute atomic E-state index is 13.0. The smallest absolute Gasteiger partial charge is 0.204 e. The minimum absolute atomic E-state index is 0.0113. The molecule has 7 heteroatoms. The minimum Gasteiger partial charge on any atom is -0.494 e. The average molecular weight is 419 g/mol. The molecule has 0 saturated carbocycles. The quantitative estimate of drug-likeness (QED) is 0.512. The molecule has 2 aromatic carbocycles. The highest BCUT2D eigenvalue weighted by atomic mass is 16.3. The molecule has 0 radical (unpaired) electrons. The van der Waals surface area contributed by atoms with Crippen LogP contribution in [0.4, 0.5) is 5.69 Å². The van der Waals surface area contributed by atoms with Crippen LogP contribution in [0.15, 0.2) is 40.6 Å². The van der Waals surface area contributed by atoms with Crippen LogP contribution in [0.2, 0.25) is 0 Å². The second kappa shape index (κ2) is 7.20. The average Bonchev–Trinajstić information content (AvgIpc) is 3.21. The Kier molecular flexibility index (Phi) is 4.59. The Labute approximate surface area is 179 Å². The number of aliphatic hydroxyl groups is 1. The Morgan fingerprint density at radius 3 is 2.42 bits per heavy atom. The molecule has 3 N–H and O–H groups in total. The highest BCUT2D eigenvalue weighted by Crippen LogP contribution is 2.46. The molecule has 0 saturated heterocycles.